The van der Waals surface area contributed by atoms with Crippen LogP contribution in [0.5, 0.6) is 5.75 Å². The molecule has 4 rings (SSSR count). The van der Waals surface area contributed by atoms with Gasteiger partial charge in [-0.15, -0.1) is 0 Å². The Balaban J connectivity index is 1.31. The monoisotopic (exact) mass is 500 g/mol. The van der Waals surface area contributed by atoms with Gasteiger partial charge in [0.25, 0.3) is 5.91 Å². The number of carbonyl (C=O) groups is 1. The molecule has 1 aromatic heterocycles. The molecule has 3 aromatic rings. The number of carbonyl (C=O) groups excluding carboxylic acids is 1. The van der Waals surface area contributed by atoms with Gasteiger partial charge < -0.3 is 14.1 Å². The third kappa shape index (κ3) is 5.96. The fourth-order valence-electron chi connectivity index (χ4n) is 4.12. The molecule has 1 saturated heterocycles. The Morgan fingerprint density at radius 2 is 1.76 bits per heavy atom. The Morgan fingerprint density at radius 3 is 2.47 bits per heavy atom. The molecule has 0 aliphatic carbocycles. The zero-order valence-electron chi connectivity index (χ0n) is 19.8. The predicted molar refractivity (Wildman–Crippen MR) is 136 cm³/mol. The van der Waals surface area contributed by atoms with E-state index in [0.717, 1.165) is 42.1 Å². The van der Waals surface area contributed by atoms with Gasteiger partial charge in [0.2, 0.25) is 0 Å². The number of halogens is 2. The van der Waals surface area contributed by atoms with Gasteiger partial charge in [-0.25, -0.2) is 0 Å². The van der Waals surface area contributed by atoms with Crippen molar-refractivity contribution in [2.45, 2.75) is 39.8 Å². The van der Waals surface area contributed by atoms with E-state index in [9.17, 15) is 4.79 Å². The zero-order chi connectivity index (χ0) is 24.2. The van der Waals surface area contributed by atoms with Crippen LogP contribution in [-0.4, -0.2) is 41.9 Å². The van der Waals surface area contributed by atoms with E-state index in [1.54, 1.807) is 6.07 Å². The maximum absolute atomic E-state index is 13.0. The highest BCUT2D eigenvalue weighted by molar-refractivity contribution is 6.42. The van der Waals surface area contributed by atoms with Gasteiger partial charge in [-0.2, -0.15) is 0 Å². The van der Waals surface area contributed by atoms with E-state index in [0.29, 0.717) is 40.6 Å². The standard InChI is InChI=1S/C27H30Cl2N2O3/c1-18(2)22-7-4-19(3)14-26(22)33-17-21-6-9-25(34-21)27(32)31-12-10-30(11-13-31)16-20-5-8-23(28)24(29)15-20/h4-9,14-15,18H,10-13,16-17H2,1-3H3. The highest BCUT2D eigenvalue weighted by Gasteiger charge is 2.24. The fraction of sp³-hybridized carbons (Fsp3) is 0.370. The highest BCUT2D eigenvalue weighted by atomic mass is 35.5. The third-order valence-corrected chi connectivity index (χ3v) is 6.82. The summed E-state index contributed by atoms with van der Waals surface area (Å²) in [5, 5.41) is 1.12. The molecule has 7 heteroatoms. The summed E-state index contributed by atoms with van der Waals surface area (Å²) >= 11 is 12.1. The first-order valence-corrected chi connectivity index (χ1v) is 12.3. The van der Waals surface area contributed by atoms with Crippen molar-refractivity contribution < 1.29 is 13.9 Å². The number of benzene rings is 2. The van der Waals surface area contributed by atoms with E-state index in [4.69, 9.17) is 32.4 Å². The number of piperazine rings is 1. The predicted octanol–water partition coefficient (Wildman–Crippen LogP) is 6.56. The Bertz CT molecular complexity index is 1150. The normalized spacial score (nSPS) is 14.6. The van der Waals surface area contributed by atoms with Gasteiger partial charge in [-0.1, -0.05) is 55.2 Å². The number of furan rings is 1. The van der Waals surface area contributed by atoms with Crippen molar-refractivity contribution >= 4 is 29.1 Å². The van der Waals surface area contributed by atoms with Crippen molar-refractivity contribution in [2.75, 3.05) is 26.2 Å². The van der Waals surface area contributed by atoms with Crippen molar-refractivity contribution in [1.82, 2.24) is 9.80 Å². The first kappa shape index (κ1) is 24.6. The molecule has 0 radical (unpaired) electrons. The van der Waals surface area contributed by atoms with E-state index >= 15 is 0 Å². The summed E-state index contributed by atoms with van der Waals surface area (Å²) in [6, 6.07) is 15.5. The Morgan fingerprint density at radius 1 is 1.00 bits per heavy atom. The van der Waals surface area contributed by atoms with Crippen molar-refractivity contribution in [2.24, 2.45) is 0 Å². The smallest absolute Gasteiger partial charge is 0.289 e. The number of aryl methyl sites for hydroxylation is 1. The molecular formula is C27H30Cl2N2O3. The van der Waals surface area contributed by atoms with Crippen LogP contribution in [0, 0.1) is 6.92 Å². The second kappa shape index (κ2) is 10.9. The van der Waals surface area contributed by atoms with E-state index in [1.807, 2.05) is 42.2 Å². The lowest BCUT2D eigenvalue weighted by molar-refractivity contribution is 0.0594. The van der Waals surface area contributed by atoms with Gasteiger partial charge in [0.1, 0.15) is 18.1 Å². The molecule has 180 valence electrons. The van der Waals surface area contributed by atoms with Crippen LogP contribution >= 0.6 is 23.2 Å². The fourth-order valence-corrected chi connectivity index (χ4v) is 4.44. The summed E-state index contributed by atoms with van der Waals surface area (Å²) in [6.07, 6.45) is 0. The molecule has 0 atom stereocenters. The average Bonchev–Trinajstić information content (AvgIpc) is 3.29. The lowest BCUT2D eigenvalue weighted by Crippen LogP contribution is -2.48. The minimum absolute atomic E-state index is 0.0844. The van der Waals surface area contributed by atoms with Crippen LogP contribution in [-0.2, 0) is 13.2 Å². The van der Waals surface area contributed by atoms with Crippen molar-refractivity contribution in [3.63, 3.8) is 0 Å². The van der Waals surface area contributed by atoms with Crippen LogP contribution in [0.15, 0.2) is 52.9 Å². The van der Waals surface area contributed by atoms with Crippen LogP contribution in [0.3, 0.4) is 0 Å². The Hall–Kier alpha value is -2.47. The summed E-state index contributed by atoms with van der Waals surface area (Å²) in [5.74, 6) is 2.12. The summed E-state index contributed by atoms with van der Waals surface area (Å²) in [4.78, 5) is 17.1. The van der Waals surface area contributed by atoms with Crippen LogP contribution in [0.4, 0.5) is 0 Å². The molecule has 1 amide bonds. The lowest BCUT2D eigenvalue weighted by atomic mass is 10.0. The van der Waals surface area contributed by atoms with Gasteiger partial charge in [0.05, 0.1) is 10.0 Å². The quantitative estimate of drug-likeness (QED) is 0.368. The summed E-state index contributed by atoms with van der Waals surface area (Å²) in [5.41, 5.74) is 3.42. The molecule has 2 aromatic carbocycles. The summed E-state index contributed by atoms with van der Waals surface area (Å²) in [7, 11) is 0. The van der Waals surface area contributed by atoms with Crippen LogP contribution in [0.2, 0.25) is 10.0 Å². The zero-order valence-corrected chi connectivity index (χ0v) is 21.3. The van der Waals surface area contributed by atoms with Crippen LogP contribution in [0.25, 0.3) is 0 Å². The van der Waals surface area contributed by atoms with Gasteiger partial charge in [-0.3, -0.25) is 9.69 Å². The van der Waals surface area contributed by atoms with E-state index in [2.05, 4.69) is 30.9 Å². The molecule has 0 unspecified atom stereocenters. The Kier molecular flexibility index (Phi) is 7.87. The maximum Gasteiger partial charge on any atom is 0.289 e. The molecule has 2 heterocycles. The van der Waals surface area contributed by atoms with E-state index < -0.39 is 0 Å². The Labute approximate surface area is 211 Å². The van der Waals surface area contributed by atoms with Crippen molar-refractivity contribution in [1.29, 1.82) is 0 Å². The molecule has 1 aliphatic rings. The molecule has 0 N–H and O–H groups in total. The minimum atomic E-state index is -0.0844. The first-order chi connectivity index (χ1) is 16.3. The van der Waals surface area contributed by atoms with Gasteiger partial charge >= 0.3 is 0 Å². The van der Waals surface area contributed by atoms with E-state index in [-0.39, 0.29) is 12.5 Å². The van der Waals surface area contributed by atoms with Crippen molar-refractivity contribution in [3.8, 4) is 5.75 Å². The lowest BCUT2D eigenvalue weighted by Gasteiger charge is -2.34. The topological polar surface area (TPSA) is 45.9 Å². The number of hydrogen-bond donors (Lipinski definition) is 0. The maximum atomic E-state index is 13.0. The second-order valence-corrected chi connectivity index (χ2v) is 9.88. The molecule has 0 spiro atoms. The number of amides is 1. The molecule has 1 aliphatic heterocycles. The van der Waals surface area contributed by atoms with Gasteiger partial charge in [-0.05, 0) is 59.9 Å². The average molecular weight is 501 g/mol. The van der Waals surface area contributed by atoms with E-state index in [1.165, 1.54) is 0 Å². The number of rotatable bonds is 7. The van der Waals surface area contributed by atoms with Gasteiger partial charge in [0, 0.05) is 32.7 Å². The van der Waals surface area contributed by atoms with Gasteiger partial charge in [0.15, 0.2) is 5.76 Å². The number of ether oxygens (including phenoxy) is 1. The summed E-state index contributed by atoms with van der Waals surface area (Å²) in [6.45, 7) is 10.3. The largest absolute Gasteiger partial charge is 0.485 e. The highest BCUT2D eigenvalue weighted by Crippen LogP contribution is 2.28. The van der Waals surface area contributed by atoms with Crippen molar-refractivity contribution in [3.05, 3.63) is 86.8 Å². The first-order valence-electron chi connectivity index (χ1n) is 11.6. The molecular weight excluding hydrogens is 471 g/mol. The molecule has 5 nitrogen and oxygen atoms in total. The molecule has 34 heavy (non-hydrogen) atoms. The number of hydrogen-bond acceptors (Lipinski definition) is 4. The van der Waals surface area contributed by atoms with Crippen LogP contribution < -0.4 is 4.74 Å². The molecule has 1 fully saturated rings. The molecule has 0 bridgehead atoms. The second-order valence-electron chi connectivity index (χ2n) is 9.07. The minimum Gasteiger partial charge on any atom is -0.485 e. The number of nitrogens with zero attached hydrogens (tertiary/aromatic N) is 2. The SMILES string of the molecule is Cc1ccc(C(C)C)c(OCc2ccc(C(=O)N3CCN(Cc4ccc(Cl)c(Cl)c4)CC3)o2)c1. The van der Waals surface area contributed by atoms with Crippen LogP contribution in [0.1, 0.15) is 52.8 Å². The summed E-state index contributed by atoms with van der Waals surface area (Å²) < 4.78 is 11.9. The third-order valence-electron chi connectivity index (χ3n) is 6.08. The molecule has 0 saturated carbocycles.